The van der Waals surface area contributed by atoms with Crippen LogP contribution in [0.25, 0.3) is 5.69 Å². The summed E-state index contributed by atoms with van der Waals surface area (Å²) in [6.45, 7) is -0.355. The first-order valence-electron chi connectivity index (χ1n) is 13.1. The lowest BCUT2D eigenvalue weighted by atomic mass is 10.2. The third-order valence-electron chi connectivity index (χ3n) is 6.33. The van der Waals surface area contributed by atoms with Crippen LogP contribution in [0.3, 0.4) is 0 Å². The SMILES string of the molecule is CN(C)S(=O)(=O)c1ccc(C(=O)NCc2nnc(SCC(=O)Nc3cc(C(F)(F)F)ccc3Cl)n2-c2cccc(C(F)(F)F)c2)cc1. The lowest BCUT2D eigenvalue weighted by molar-refractivity contribution is -0.138. The fourth-order valence-electron chi connectivity index (χ4n) is 3.95. The molecule has 0 aliphatic heterocycles. The summed E-state index contributed by atoms with van der Waals surface area (Å²) in [5, 5.41) is 12.5. The van der Waals surface area contributed by atoms with Crippen molar-refractivity contribution in [3.63, 3.8) is 0 Å². The number of halogens is 7. The van der Waals surface area contributed by atoms with Crippen LogP contribution in [0.1, 0.15) is 27.3 Å². The van der Waals surface area contributed by atoms with Crippen LogP contribution in [-0.2, 0) is 33.7 Å². The minimum absolute atomic E-state index is 0.0340. The van der Waals surface area contributed by atoms with Crippen molar-refractivity contribution in [3.8, 4) is 5.69 Å². The van der Waals surface area contributed by atoms with Crippen LogP contribution in [0.4, 0.5) is 32.0 Å². The van der Waals surface area contributed by atoms with Gasteiger partial charge in [0.2, 0.25) is 15.9 Å². The lowest BCUT2D eigenvalue weighted by Crippen LogP contribution is -2.25. The zero-order valence-corrected chi connectivity index (χ0v) is 26.5. The number of rotatable bonds is 10. The van der Waals surface area contributed by atoms with E-state index in [-0.39, 0.29) is 44.4 Å². The van der Waals surface area contributed by atoms with Crippen LogP contribution >= 0.6 is 23.4 Å². The Morgan fingerprint density at radius 3 is 2.17 bits per heavy atom. The van der Waals surface area contributed by atoms with Gasteiger partial charge in [-0.1, -0.05) is 29.4 Å². The molecule has 4 aromatic rings. The van der Waals surface area contributed by atoms with Crippen LogP contribution in [0.2, 0.25) is 5.02 Å². The van der Waals surface area contributed by atoms with E-state index in [4.69, 9.17) is 11.6 Å². The van der Waals surface area contributed by atoms with Gasteiger partial charge in [0.25, 0.3) is 5.91 Å². The predicted octanol–water partition coefficient (Wildman–Crippen LogP) is 5.87. The van der Waals surface area contributed by atoms with E-state index in [1.165, 1.54) is 49.0 Å². The summed E-state index contributed by atoms with van der Waals surface area (Å²) in [5.74, 6) is -1.96. The van der Waals surface area contributed by atoms with Gasteiger partial charge in [-0.05, 0) is 60.7 Å². The molecular formula is C28H23ClF6N6O4S2. The summed E-state index contributed by atoms with van der Waals surface area (Å²) < 4.78 is 107. The molecule has 19 heteroatoms. The molecule has 0 radical (unpaired) electrons. The molecule has 2 amide bonds. The van der Waals surface area contributed by atoms with E-state index in [2.05, 4.69) is 20.8 Å². The van der Waals surface area contributed by atoms with Gasteiger partial charge >= 0.3 is 12.4 Å². The van der Waals surface area contributed by atoms with Gasteiger partial charge in [-0.25, -0.2) is 12.7 Å². The second-order valence-corrected chi connectivity index (χ2v) is 13.3. The predicted molar refractivity (Wildman–Crippen MR) is 161 cm³/mol. The summed E-state index contributed by atoms with van der Waals surface area (Å²) in [6.07, 6.45) is -9.40. The average Bonchev–Trinajstić information content (AvgIpc) is 3.41. The Bertz CT molecular complexity index is 1900. The van der Waals surface area contributed by atoms with Gasteiger partial charge in [-0.2, -0.15) is 26.3 Å². The number of alkyl halides is 6. The molecular weight excluding hydrogens is 698 g/mol. The quantitative estimate of drug-likeness (QED) is 0.155. The van der Waals surface area contributed by atoms with Crippen molar-refractivity contribution < 1.29 is 44.3 Å². The molecule has 1 heterocycles. The Labute approximate surface area is 273 Å². The summed E-state index contributed by atoms with van der Waals surface area (Å²) in [4.78, 5) is 25.4. The first-order chi connectivity index (χ1) is 21.9. The third kappa shape index (κ3) is 8.62. The summed E-state index contributed by atoms with van der Waals surface area (Å²) in [6, 6.07) is 11.5. The van der Waals surface area contributed by atoms with E-state index in [0.717, 1.165) is 34.6 Å². The molecule has 0 aliphatic carbocycles. The fourth-order valence-corrected chi connectivity index (χ4v) is 5.79. The summed E-state index contributed by atoms with van der Waals surface area (Å²) in [7, 11) is -1.05. The number of hydrogen-bond donors (Lipinski definition) is 2. The highest BCUT2D eigenvalue weighted by atomic mass is 35.5. The molecule has 3 aromatic carbocycles. The standard InChI is InChI=1S/C28H23ClF6N6O4S2/c1-40(2)47(44,45)20-9-6-16(7-10-20)25(43)36-14-23-38-39-26(41(23)19-5-3-4-17(12-19)27(30,31)32)46-15-24(42)37-22-13-18(28(33,34)35)8-11-21(22)29/h3-13H,14-15H2,1-2H3,(H,36,43)(H,37,42). The molecule has 0 bridgehead atoms. The molecule has 0 aliphatic rings. The number of amides is 2. The van der Waals surface area contributed by atoms with Crippen molar-refractivity contribution in [2.45, 2.75) is 28.9 Å². The minimum atomic E-state index is -4.71. The molecule has 0 unspecified atom stereocenters. The van der Waals surface area contributed by atoms with Crippen LogP contribution in [0, 0.1) is 0 Å². The number of carbonyl (C=O) groups is 2. The normalized spacial score (nSPS) is 12.3. The Morgan fingerprint density at radius 2 is 1.55 bits per heavy atom. The molecule has 4 rings (SSSR count). The lowest BCUT2D eigenvalue weighted by Gasteiger charge is -2.14. The van der Waals surface area contributed by atoms with Gasteiger partial charge in [0, 0.05) is 19.7 Å². The average molecular weight is 721 g/mol. The van der Waals surface area contributed by atoms with Crippen molar-refractivity contribution in [1.82, 2.24) is 24.4 Å². The molecule has 0 atom stereocenters. The smallest absolute Gasteiger partial charge is 0.345 e. The number of aromatic nitrogens is 3. The van der Waals surface area contributed by atoms with Crippen molar-refractivity contribution in [3.05, 3.63) is 94.3 Å². The van der Waals surface area contributed by atoms with Gasteiger partial charge in [0.15, 0.2) is 11.0 Å². The Kier molecular flexibility index (Phi) is 10.6. The highest BCUT2D eigenvalue weighted by Gasteiger charge is 2.32. The number of carbonyl (C=O) groups excluding carboxylic acids is 2. The molecule has 0 saturated heterocycles. The van der Waals surface area contributed by atoms with E-state index < -0.39 is 51.1 Å². The van der Waals surface area contributed by atoms with E-state index in [0.29, 0.717) is 17.8 Å². The maximum atomic E-state index is 13.5. The minimum Gasteiger partial charge on any atom is -0.345 e. The van der Waals surface area contributed by atoms with E-state index in [1.807, 2.05) is 0 Å². The van der Waals surface area contributed by atoms with E-state index >= 15 is 0 Å². The van der Waals surface area contributed by atoms with Crippen LogP contribution in [0.5, 0.6) is 0 Å². The monoisotopic (exact) mass is 720 g/mol. The second kappa shape index (κ2) is 13.9. The van der Waals surface area contributed by atoms with Crippen LogP contribution in [-0.4, -0.2) is 59.2 Å². The number of nitrogens with zero attached hydrogens (tertiary/aromatic N) is 4. The van der Waals surface area contributed by atoms with Crippen molar-refractivity contribution in [2.75, 3.05) is 25.2 Å². The van der Waals surface area contributed by atoms with Gasteiger partial charge in [-0.15, -0.1) is 10.2 Å². The first kappa shape index (κ1) is 35.7. The second-order valence-electron chi connectivity index (χ2n) is 9.81. The topological polar surface area (TPSA) is 126 Å². The Balaban J connectivity index is 1.56. The van der Waals surface area contributed by atoms with Crippen LogP contribution < -0.4 is 10.6 Å². The summed E-state index contributed by atoms with van der Waals surface area (Å²) in [5.41, 5.74) is -2.33. The number of benzene rings is 3. The van der Waals surface area contributed by atoms with Gasteiger partial charge < -0.3 is 10.6 Å². The molecule has 2 N–H and O–H groups in total. The number of sulfonamides is 1. The molecule has 0 fully saturated rings. The van der Waals surface area contributed by atoms with Gasteiger partial charge in [0.1, 0.15) is 0 Å². The maximum absolute atomic E-state index is 13.5. The van der Waals surface area contributed by atoms with Crippen LogP contribution in [0.15, 0.2) is 76.8 Å². The van der Waals surface area contributed by atoms with Crippen molar-refractivity contribution in [2.24, 2.45) is 0 Å². The number of anilines is 1. The zero-order chi connectivity index (χ0) is 34.7. The molecule has 0 saturated carbocycles. The largest absolute Gasteiger partial charge is 0.416 e. The highest BCUT2D eigenvalue weighted by Crippen LogP contribution is 2.34. The zero-order valence-electron chi connectivity index (χ0n) is 24.1. The van der Waals surface area contributed by atoms with E-state index in [9.17, 15) is 44.3 Å². The number of nitrogens with one attached hydrogen (secondary N) is 2. The molecule has 250 valence electrons. The Hall–Kier alpha value is -4.13. The first-order valence-corrected chi connectivity index (χ1v) is 15.9. The highest BCUT2D eigenvalue weighted by molar-refractivity contribution is 7.99. The summed E-state index contributed by atoms with van der Waals surface area (Å²) >= 11 is 6.66. The fraction of sp³-hybridized carbons (Fsp3) is 0.214. The number of hydrogen-bond acceptors (Lipinski definition) is 7. The number of thioether (sulfide) groups is 1. The van der Waals surface area contributed by atoms with E-state index in [1.54, 1.807) is 0 Å². The Morgan fingerprint density at radius 1 is 0.915 bits per heavy atom. The van der Waals surface area contributed by atoms with Gasteiger partial charge in [-0.3, -0.25) is 14.2 Å². The third-order valence-corrected chi connectivity index (χ3v) is 9.42. The maximum Gasteiger partial charge on any atom is 0.416 e. The molecule has 10 nitrogen and oxygen atoms in total. The van der Waals surface area contributed by atoms with Crippen molar-refractivity contribution in [1.29, 1.82) is 0 Å². The molecule has 47 heavy (non-hydrogen) atoms. The van der Waals surface area contributed by atoms with Gasteiger partial charge in [0.05, 0.1) is 44.7 Å². The van der Waals surface area contributed by atoms with Crippen molar-refractivity contribution >= 4 is 50.9 Å². The molecule has 0 spiro atoms. The molecule has 1 aromatic heterocycles.